The number of hydrogen-bond acceptors (Lipinski definition) is 6. The van der Waals surface area contributed by atoms with Gasteiger partial charge in [-0.25, -0.2) is 5.43 Å². The van der Waals surface area contributed by atoms with Gasteiger partial charge >= 0.3 is 0 Å². The number of benzene rings is 2. The Kier molecular flexibility index (Phi) is 6.28. The zero-order chi connectivity index (χ0) is 21.6. The molecule has 2 aromatic heterocycles. The maximum Gasteiger partial charge on any atom is 0.250 e. The SMILES string of the molecule is Cc1ccc(-n2c(SCC(=O)NN=Cc3ccc(C)o3)nnc2-c2ccccc2)cc1. The molecule has 0 aliphatic carbocycles. The second-order valence-electron chi connectivity index (χ2n) is 6.87. The van der Waals surface area contributed by atoms with Gasteiger partial charge in [-0.2, -0.15) is 5.10 Å². The lowest BCUT2D eigenvalue weighted by atomic mass is 10.2. The first-order chi connectivity index (χ1) is 15.1. The summed E-state index contributed by atoms with van der Waals surface area (Å²) in [5.41, 5.74) is 5.55. The second kappa shape index (κ2) is 9.44. The van der Waals surface area contributed by atoms with Gasteiger partial charge in [-0.15, -0.1) is 10.2 Å². The van der Waals surface area contributed by atoms with E-state index in [2.05, 4.69) is 20.7 Å². The number of rotatable bonds is 7. The Morgan fingerprint density at radius 3 is 2.55 bits per heavy atom. The van der Waals surface area contributed by atoms with E-state index in [4.69, 9.17) is 4.42 Å². The Bertz CT molecular complexity index is 1200. The number of thioether (sulfide) groups is 1. The van der Waals surface area contributed by atoms with E-state index < -0.39 is 0 Å². The lowest BCUT2D eigenvalue weighted by Gasteiger charge is -2.10. The van der Waals surface area contributed by atoms with Crippen LogP contribution >= 0.6 is 11.8 Å². The predicted molar refractivity (Wildman–Crippen MR) is 121 cm³/mol. The number of amides is 1. The maximum absolute atomic E-state index is 12.2. The predicted octanol–water partition coefficient (Wildman–Crippen LogP) is 4.39. The minimum absolute atomic E-state index is 0.146. The van der Waals surface area contributed by atoms with Crippen LogP contribution in [0.3, 0.4) is 0 Å². The summed E-state index contributed by atoms with van der Waals surface area (Å²) >= 11 is 1.30. The molecule has 2 heterocycles. The van der Waals surface area contributed by atoms with Gasteiger partial charge in [0.05, 0.1) is 12.0 Å². The van der Waals surface area contributed by atoms with E-state index in [1.54, 1.807) is 6.07 Å². The smallest absolute Gasteiger partial charge is 0.250 e. The first kappa shape index (κ1) is 20.6. The number of carbonyl (C=O) groups excluding carboxylic acids is 1. The molecule has 0 aliphatic rings. The fraction of sp³-hybridized carbons (Fsp3) is 0.130. The van der Waals surface area contributed by atoms with Crippen LogP contribution in [-0.4, -0.2) is 32.6 Å². The van der Waals surface area contributed by atoms with Crippen LogP contribution in [0, 0.1) is 13.8 Å². The lowest BCUT2D eigenvalue weighted by Crippen LogP contribution is -2.19. The molecule has 0 atom stereocenters. The Balaban J connectivity index is 1.51. The number of carbonyl (C=O) groups is 1. The zero-order valence-corrected chi connectivity index (χ0v) is 18.0. The van der Waals surface area contributed by atoms with Gasteiger partial charge in [-0.1, -0.05) is 59.8 Å². The number of nitrogens with zero attached hydrogens (tertiary/aromatic N) is 4. The highest BCUT2D eigenvalue weighted by Gasteiger charge is 2.17. The molecule has 4 aromatic rings. The first-order valence-electron chi connectivity index (χ1n) is 9.69. The molecular weight excluding hydrogens is 410 g/mol. The molecule has 0 fully saturated rings. The number of aryl methyl sites for hydroxylation is 2. The molecule has 156 valence electrons. The van der Waals surface area contributed by atoms with Crippen LogP contribution in [0.1, 0.15) is 17.1 Å². The topological polar surface area (TPSA) is 85.3 Å². The fourth-order valence-corrected chi connectivity index (χ4v) is 3.66. The van der Waals surface area contributed by atoms with Crippen LogP contribution in [0.5, 0.6) is 0 Å². The number of nitrogens with one attached hydrogen (secondary N) is 1. The van der Waals surface area contributed by atoms with E-state index in [0.29, 0.717) is 10.9 Å². The number of hydrazone groups is 1. The number of hydrogen-bond donors (Lipinski definition) is 1. The van der Waals surface area contributed by atoms with E-state index in [-0.39, 0.29) is 11.7 Å². The molecular formula is C23H21N5O2S. The normalized spacial score (nSPS) is 11.2. The molecule has 4 rings (SSSR count). The summed E-state index contributed by atoms with van der Waals surface area (Å²) in [6.45, 7) is 3.89. The number of furan rings is 1. The van der Waals surface area contributed by atoms with Gasteiger partial charge in [0.1, 0.15) is 11.5 Å². The zero-order valence-electron chi connectivity index (χ0n) is 17.1. The first-order valence-corrected chi connectivity index (χ1v) is 10.7. The lowest BCUT2D eigenvalue weighted by molar-refractivity contribution is -0.118. The van der Waals surface area contributed by atoms with Gasteiger partial charge in [-0.05, 0) is 38.1 Å². The van der Waals surface area contributed by atoms with E-state index in [1.165, 1.54) is 18.0 Å². The molecule has 0 radical (unpaired) electrons. The summed E-state index contributed by atoms with van der Waals surface area (Å²) in [6.07, 6.45) is 1.47. The molecule has 1 amide bonds. The highest BCUT2D eigenvalue weighted by Crippen LogP contribution is 2.28. The minimum Gasteiger partial charge on any atom is -0.460 e. The van der Waals surface area contributed by atoms with Gasteiger partial charge in [0.15, 0.2) is 11.0 Å². The standard InChI is InChI=1S/C23H21N5O2S/c1-16-8-11-19(12-9-16)28-22(18-6-4-3-5-7-18)26-27-23(28)31-15-21(29)25-24-14-20-13-10-17(2)30-20/h3-14H,15H2,1-2H3,(H,25,29). The molecule has 1 N–H and O–H groups in total. The third-order valence-electron chi connectivity index (χ3n) is 4.43. The van der Waals surface area contributed by atoms with Crippen molar-refractivity contribution in [1.29, 1.82) is 0 Å². The molecule has 0 spiro atoms. The Hall–Kier alpha value is -3.65. The van der Waals surface area contributed by atoms with Gasteiger partial charge in [0.2, 0.25) is 0 Å². The van der Waals surface area contributed by atoms with Crippen molar-refractivity contribution >= 4 is 23.9 Å². The van der Waals surface area contributed by atoms with Crippen molar-refractivity contribution in [3.63, 3.8) is 0 Å². The van der Waals surface area contributed by atoms with E-state index in [0.717, 1.165) is 28.4 Å². The molecule has 31 heavy (non-hydrogen) atoms. The van der Waals surface area contributed by atoms with Crippen molar-refractivity contribution in [2.45, 2.75) is 19.0 Å². The van der Waals surface area contributed by atoms with Crippen LogP contribution in [0.25, 0.3) is 17.1 Å². The van der Waals surface area contributed by atoms with E-state index in [1.807, 2.05) is 79.1 Å². The molecule has 0 aliphatic heterocycles. The van der Waals surface area contributed by atoms with Gasteiger partial charge < -0.3 is 4.42 Å². The van der Waals surface area contributed by atoms with Crippen LogP contribution in [-0.2, 0) is 4.79 Å². The average molecular weight is 432 g/mol. The molecule has 7 nitrogen and oxygen atoms in total. The minimum atomic E-state index is -0.246. The summed E-state index contributed by atoms with van der Waals surface area (Å²) in [5, 5.41) is 13.3. The number of aromatic nitrogens is 3. The van der Waals surface area contributed by atoms with Crippen molar-refractivity contribution in [1.82, 2.24) is 20.2 Å². The molecule has 0 bridgehead atoms. The fourth-order valence-electron chi connectivity index (χ4n) is 2.92. The Morgan fingerprint density at radius 1 is 1.06 bits per heavy atom. The van der Waals surface area contributed by atoms with Crippen molar-refractivity contribution in [2.75, 3.05) is 5.75 Å². The largest absolute Gasteiger partial charge is 0.460 e. The summed E-state index contributed by atoms with van der Waals surface area (Å²) < 4.78 is 7.35. The second-order valence-corrected chi connectivity index (χ2v) is 7.82. The quantitative estimate of drug-likeness (QED) is 0.267. The summed E-state index contributed by atoms with van der Waals surface area (Å²) in [6, 6.07) is 21.6. The van der Waals surface area contributed by atoms with Crippen molar-refractivity contribution in [3.05, 3.63) is 83.8 Å². The van der Waals surface area contributed by atoms with Gasteiger partial charge in [0.25, 0.3) is 5.91 Å². The third-order valence-corrected chi connectivity index (χ3v) is 5.36. The Morgan fingerprint density at radius 2 is 1.84 bits per heavy atom. The molecule has 0 saturated heterocycles. The van der Waals surface area contributed by atoms with Crippen LogP contribution < -0.4 is 5.43 Å². The van der Waals surface area contributed by atoms with Gasteiger partial charge in [-0.3, -0.25) is 9.36 Å². The maximum atomic E-state index is 12.2. The Labute approximate surface area is 184 Å². The van der Waals surface area contributed by atoms with Crippen LogP contribution in [0.2, 0.25) is 0 Å². The monoisotopic (exact) mass is 431 g/mol. The third kappa shape index (κ3) is 5.10. The van der Waals surface area contributed by atoms with Crippen molar-refractivity contribution in [2.24, 2.45) is 5.10 Å². The molecule has 8 heteroatoms. The summed E-state index contributed by atoms with van der Waals surface area (Å²) in [5.74, 6) is 1.99. The van der Waals surface area contributed by atoms with E-state index in [9.17, 15) is 4.79 Å². The van der Waals surface area contributed by atoms with Gasteiger partial charge in [0, 0.05) is 11.3 Å². The van der Waals surface area contributed by atoms with Crippen LogP contribution in [0.4, 0.5) is 0 Å². The summed E-state index contributed by atoms with van der Waals surface area (Å²) in [4.78, 5) is 12.2. The van der Waals surface area contributed by atoms with Crippen molar-refractivity contribution < 1.29 is 9.21 Å². The van der Waals surface area contributed by atoms with Crippen LogP contribution in [0.15, 0.2) is 81.4 Å². The highest BCUT2D eigenvalue weighted by molar-refractivity contribution is 7.99. The molecule has 0 unspecified atom stereocenters. The van der Waals surface area contributed by atoms with Crippen molar-refractivity contribution in [3.8, 4) is 17.1 Å². The highest BCUT2D eigenvalue weighted by atomic mass is 32.2. The molecule has 0 saturated carbocycles. The average Bonchev–Trinajstić information content (AvgIpc) is 3.39. The summed E-state index contributed by atoms with van der Waals surface area (Å²) in [7, 11) is 0. The molecule has 2 aromatic carbocycles. The van der Waals surface area contributed by atoms with E-state index >= 15 is 0 Å².